The van der Waals surface area contributed by atoms with Gasteiger partial charge in [0.2, 0.25) is 11.1 Å². The number of aromatic nitrogens is 3. The van der Waals surface area contributed by atoms with Gasteiger partial charge < -0.3 is 15.9 Å². The molecule has 0 aliphatic rings. The Bertz CT molecular complexity index is 840. The number of carbonyl (C=O) groups excluding carboxylic acids is 2. The third-order valence-electron chi connectivity index (χ3n) is 3.46. The first-order valence-electron chi connectivity index (χ1n) is 7.67. The normalized spacial score (nSPS) is 11.6. The second kappa shape index (κ2) is 8.99. The van der Waals surface area contributed by atoms with Gasteiger partial charge in [-0.2, -0.15) is 4.68 Å². The number of rotatable bonds is 7. The van der Waals surface area contributed by atoms with Gasteiger partial charge >= 0.3 is 5.97 Å². The molecule has 0 saturated heterocycles. The molecule has 0 radical (unpaired) electrons. The van der Waals surface area contributed by atoms with Crippen molar-refractivity contribution in [3.05, 3.63) is 51.9 Å². The first-order valence-corrected chi connectivity index (χ1v) is 8.66. The lowest BCUT2D eigenvalue weighted by molar-refractivity contribution is -0.144. The zero-order chi connectivity index (χ0) is 19.1. The molecule has 0 bridgehead atoms. The van der Waals surface area contributed by atoms with E-state index in [1.165, 1.54) is 14.0 Å². The van der Waals surface area contributed by atoms with Crippen LogP contribution in [0.3, 0.4) is 0 Å². The van der Waals surface area contributed by atoms with Gasteiger partial charge in [0.25, 0.3) is 5.56 Å². The summed E-state index contributed by atoms with van der Waals surface area (Å²) in [6.45, 7) is 1.49. The lowest BCUT2D eigenvalue weighted by Crippen LogP contribution is -2.44. The summed E-state index contributed by atoms with van der Waals surface area (Å²) in [6.07, 6.45) is 0.301. The van der Waals surface area contributed by atoms with Crippen molar-refractivity contribution in [2.75, 3.05) is 18.7 Å². The van der Waals surface area contributed by atoms with Crippen LogP contribution < -0.4 is 16.7 Å². The maximum Gasteiger partial charge on any atom is 0.328 e. The molecule has 0 fully saturated rings. The van der Waals surface area contributed by atoms with Gasteiger partial charge in [0.1, 0.15) is 11.7 Å². The molecule has 138 valence electrons. The topological polar surface area (TPSA) is 129 Å². The SMILES string of the molecule is COC(=O)[C@H](Cc1ccccc1)NC(=O)CSc1nnc(C)c(=O)n1N. The quantitative estimate of drug-likeness (QED) is 0.381. The largest absolute Gasteiger partial charge is 0.467 e. The third-order valence-corrected chi connectivity index (χ3v) is 4.40. The lowest BCUT2D eigenvalue weighted by Gasteiger charge is -2.16. The van der Waals surface area contributed by atoms with Crippen LogP contribution in [0.25, 0.3) is 0 Å². The number of benzene rings is 1. The van der Waals surface area contributed by atoms with Crippen molar-refractivity contribution in [2.24, 2.45) is 0 Å². The molecule has 0 spiro atoms. The van der Waals surface area contributed by atoms with Crippen molar-refractivity contribution in [2.45, 2.75) is 24.5 Å². The summed E-state index contributed by atoms with van der Waals surface area (Å²) in [5.74, 6) is 4.57. The summed E-state index contributed by atoms with van der Waals surface area (Å²) in [6, 6.07) is 8.44. The predicted octanol–water partition coefficient (Wildman–Crippen LogP) is -0.347. The molecule has 1 aromatic heterocycles. The fourth-order valence-electron chi connectivity index (χ4n) is 2.12. The number of nitrogens with zero attached hydrogens (tertiary/aromatic N) is 3. The number of amides is 1. The minimum absolute atomic E-state index is 0.0866. The molecule has 1 amide bonds. The molecule has 26 heavy (non-hydrogen) atoms. The number of thioether (sulfide) groups is 1. The number of methoxy groups -OCH3 is 1. The number of esters is 1. The Balaban J connectivity index is 2.00. The molecule has 9 nitrogen and oxygen atoms in total. The summed E-state index contributed by atoms with van der Waals surface area (Å²) in [5, 5.41) is 10.2. The summed E-state index contributed by atoms with van der Waals surface area (Å²) < 4.78 is 5.58. The van der Waals surface area contributed by atoms with E-state index in [2.05, 4.69) is 15.5 Å². The van der Waals surface area contributed by atoms with Crippen LogP contribution >= 0.6 is 11.8 Å². The minimum atomic E-state index is -0.820. The Morgan fingerprint density at radius 3 is 2.65 bits per heavy atom. The van der Waals surface area contributed by atoms with Crippen LogP contribution in [0.2, 0.25) is 0 Å². The van der Waals surface area contributed by atoms with Gasteiger partial charge in [-0.3, -0.25) is 9.59 Å². The summed E-state index contributed by atoms with van der Waals surface area (Å²) >= 11 is 0.946. The van der Waals surface area contributed by atoms with E-state index in [-0.39, 0.29) is 16.6 Å². The van der Waals surface area contributed by atoms with E-state index < -0.39 is 23.5 Å². The predicted molar refractivity (Wildman–Crippen MR) is 96.0 cm³/mol. The summed E-state index contributed by atoms with van der Waals surface area (Å²) in [7, 11) is 1.26. The Morgan fingerprint density at radius 2 is 2.00 bits per heavy atom. The van der Waals surface area contributed by atoms with E-state index >= 15 is 0 Å². The van der Waals surface area contributed by atoms with Crippen molar-refractivity contribution < 1.29 is 14.3 Å². The number of hydrogen-bond donors (Lipinski definition) is 2. The van der Waals surface area contributed by atoms with Gasteiger partial charge in [-0.05, 0) is 12.5 Å². The zero-order valence-corrected chi connectivity index (χ0v) is 15.2. The van der Waals surface area contributed by atoms with Gasteiger partial charge in [-0.1, -0.05) is 42.1 Å². The highest BCUT2D eigenvalue weighted by atomic mass is 32.2. The number of aryl methyl sites for hydroxylation is 1. The molecule has 1 aromatic carbocycles. The Labute approximate surface area is 153 Å². The van der Waals surface area contributed by atoms with Crippen LogP contribution in [0, 0.1) is 6.92 Å². The van der Waals surface area contributed by atoms with E-state index in [1.807, 2.05) is 30.3 Å². The molecule has 3 N–H and O–H groups in total. The van der Waals surface area contributed by atoms with Crippen LogP contribution in [0.1, 0.15) is 11.3 Å². The highest BCUT2D eigenvalue weighted by Crippen LogP contribution is 2.11. The minimum Gasteiger partial charge on any atom is -0.467 e. The van der Waals surface area contributed by atoms with E-state index in [1.54, 1.807) is 0 Å². The lowest BCUT2D eigenvalue weighted by atomic mass is 10.1. The highest BCUT2D eigenvalue weighted by Gasteiger charge is 2.22. The maximum atomic E-state index is 12.2. The fourth-order valence-corrected chi connectivity index (χ4v) is 2.78. The van der Waals surface area contributed by atoms with Crippen LogP contribution in [-0.4, -0.2) is 45.7 Å². The number of carbonyl (C=O) groups is 2. The molecule has 10 heteroatoms. The van der Waals surface area contributed by atoms with Crippen LogP contribution in [0.4, 0.5) is 0 Å². The second-order valence-corrected chi connectivity index (χ2v) is 6.31. The number of nitrogens with two attached hydrogens (primary N) is 1. The number of hydrogen-bond acceptors (Lipinski definition) is 8. The van der Waals surface area contributed by atoms with Gasteiger partial charge in [0.15, 0.2) is 0 Å². The molecular weight excluding hydrogens is 358 g/mol. The van der Waals surface area contributed by atoms with E-state index in [0.29, 0.717) is 6.42 Å². The van der Waals surface area contributed by atoms with E-state index in [4.69, 9.17) is 10.6 Å². The molecule has 0 aliphatic carbocycles. The fraction of sp³-hybridized carbons (Fsp3) is 0.312. The van der Waals surface area contributed by atoms with Gasteiger partial charge in [0.05, 0.1) is 12.9 Å². The Morgan fingerprint density at radius 1 is 1.31 bits per heavy atom. The number of nitrogens with one attached hydrogen (secondary N) is 1. The molecular formula is C16H19N5O4S. The highest BCUT2D eigenvalue weighted by molar-refractivity contribution is 7.99. The van der Waals surface area contributed by atoms with E-state index in [9.17, 15) is 14.4 Å². The molecule has 2 rings (SSSR count). The zero-order valence-electron chi connectivity index (χ0n) is 14.3. The Hall–Kier alpha value is -2.88. The summed E-state index contributed by atoms with van der Waals surface area (Å²) in [4.78, 5) is 35.8. The first-order chi connectivity index (χ1) is 12.4. The van der Waals surface area contributed by atoms with Gasteiger partial charge in [-0.25, -0.2) is 4.79 Å². The molecule has 1 atom stereocenters. The average molecular weight is 377 g/mol. The monoisotopic (exact) mass is 377 g/mol. The Kier molecular flexibility index (Phi) is 6.73. The van der Waals surface area contributed by atoms with E-state index in [0.717, 1.165) is 22.0 Å². The van der Waals surface area contributed by atoms with Crippen LogP contribution in [0.15, 0.2) is 40.3 Å². The molecule has 0 aliphatic heterocycles. The van der Waals surface area contributed by atoms with Crippen molar-refractivity contribution >= 4 is 23.6 Å². The smallest absolute Gasteiger partial charge is 0.328 e. The first kappa shape index (κ1) is 19.4. The van der Waals surface area contributed by atoms with Crippen LogP contribution in [0.5, 0.6) is 0 Å². The number of ether oxygens (including phenoxy) is 1. The average Bonchev–Trinajstić information content (AvgIpc) is 2.65. The molecule has 2 aromatic rings. The maximum absolute atomic E-state index is 12.2. The molecule has 1 heterocycles. The van der Waals surface area contributed by atoms with Crippen molar-refractivity contribution in [3.8, 4) is 0 Å². The second-order valence-electron chi connectivity index (χ2n) is 5.36. The van der Waals surface area contributed by atoms with Crippen molar-refractivity contribution in [1.29, 1.82) is 0 Å². The van der Waals surface area contributed by atoms with Gasteiger partial charge in [-0.15, -0.1) is 10.2 Å². The summed E-state index contributed by atoms with van der Waals surface area (Å²) in [5.41, 5.74) is 0.561. The van der Waals surface area contributed by atoms with Crippen LogP contribution in [-0.2, 0) is 20.7 Å². The molecule has 0 unspecified atom stereocenters. The molecule has 0 saturated carbocycles. The number of nitrogen functional groups attached to an aromatic ring is 1. The van der Waals surface area contributed by atoms with Crippen molar-refractivity contribution in [1.82, 2.24) is 20.2 Å². The third kappa shape index (κ3) is 5.06. The van der Waals surface area contributed by atoms with Crippen molar-refractivity contribution in [3.63, 3.8) is 0 Å². The van der Waals surface area contributed by atoms with Gasteiger partial charge in [0, 0.05) is 6.42 Å². The standard InChI is InChI=1S/C16H19N5O4S/c1-10-14(23)21(17)16(20-19-10)26-9-13(22)18-12(15(24)25-2)8-11-6-4-3-5-7-11/h3-7,12H,8-9,17H2,1-2H3,(H,18,22)/t12-/m0/s1.